The Hall–Kier alpha value is -1.28. The van der Waals surface area contributed by atoms with Crippen molar-refractivity contribution in [1.82, 2.24) is 19.6 Å². The van der Waals surface area contributed by atoms with E-state index in [-0.39, 0.29) is 10.9 Å². The van der Waals surface area contributed by atoms with Crippen LogP contribution < -0.4 is 5.73 Å². The molecule has 0 fully saturated rings. The summed E-state index contributed by atoms with van der Waals surface area (Å²) in [5, 5.41) is 4.88. The number of nitrogens with zero attached hydrogens (tertiary/aromatic N) is 4. The zero-order chi connectivity index (χ0) is 11.0. The summed E-state index contributed by atoms with van der Waals surface area (Å²) in [7, 11) is 0. The topological polar surface area (TPSA) is 86.2 Å². The highest BCUT2D eigenvalue weighted by Crippen LogP contribution is 2.19. The van der Waals surface area contributed by atoms with Crippen LogP contribution in [0.3, 0.4) is 0 Å². The lowest BCUT2D eigenvalue weighted by molar-refractivity contribution is 0.0993. The Kier molecular flexibility index (Phi) is 2.53. The van der Waals surface area contributed by atoms with Crippen LogP contribution in [-0.2, 0) is 0 Å². The smallest absolute Gasteiger partial charge is 0.269 e. The number of imidazole rings is 1. The fourth-order valence-corrected chi connectivity index (χ4v) is 1.91. The first-order valence-electron chi connectivity index (χ1n) is 3.92. The van der Waals surface area contributed by atoms with Crippen molar-refractivity contribution < 1.29 is 4.79 Å². The van der Waals surface area contributed by atoms with E-state index in [1.54, 1.807) is 0 Å². The van der Waals surface area contributed by atoms with Gasteiger partial charge in [-0.1, -0.05) is 0 Å². The van der Waals surface area contributed by atoms with Gasteiger partial charge in [-0.15, -0.1) is 29.5 Å². The van der Waals surface area contributed by atoms with Crippen LogP contribution >= 0.6 is 24.4 Å². The maximum atomic E-state index is 11.1. The number of aromatic nitrogens is 4. The van der Waals surface area contributed by atoms with Crippen LogP contribution in [0.4, 0.5) is 0 Å². The molecule has 0 bridgehead atoms. The number of carbonyl (C=O) groups is 1. The van der Waals surface area contributed by atoms with E-state index in [2.05, 4.69) is 27.7 Å². The average molecular weight is 241 g/mol. The number of hydrogen-bond acceptors (Lipinski definition) is 6. The van der Waals surface area contributed by atoms with E-state index in [4.69, 9.17) is 5.73 Å². The van der Waals surface area contributed by atoms with E-state index in [0.29, 0.717) is 10.7 Å². The molecule has 2 N–H and O–H groups in total. The zero-order valence-corrected chi connectivity index (χ0v) is 9.42. The molecule has 0 unspecified atom stereocenters. The van der Waals surface area contributed by atoms with Crippen LogP contribution in [0.15, 0.2) is 16.4 Å². The van der Waals surface area contributed by atoms with Crippen molar-refractivity contribution in [3.63, 3.8) is 0 Å². The number of rotatable bonds is 2. The van der Waals surface area contributed by atoms with E-state index in [0.717, 1.165) is 0 Å². The Morgan fingerprint density at radius 2 is 2.40 bits per heavy atom. The highest BCUT2D eigenvalue weighted by molar-refractivity contribution is 7.98. The molecular weight excluding hydrogens is 234 g/mol. The predicted octanol–water partition coefficient (Wildman–Crippen LogP) is 0.234. The molecule has 78 valence electrons. The summed E-state index contributed by atoms with van der Waals surface area (Å²) in [5.74, 6) is -0.582. The van der Waals surface area contributed by atoms with Crippen LogP contribution in [0.2, 0.25) is 0 Å². The van der Waals surface area contributed by atoms with Crippen molar-refractivity contribution in [3.05, 3.63) is 11.9 Å². The molecule has 0 spiro atoms. The number of amides is 1. The lowest BCUT2D eigenvalue weighted by atomic mass is 10.5. The molecule has 15 heavy (non-hydrogen) atoms. The minimum atomic E-state index is -0.582. The summed E-state index contributed by atoms with van der Waals surface area (Å²) < 4.78 is 1.35. The second kappa shape index (κ2) is 3.70. The van der Waals surface area contributed by atoms with Gasteiger partial charge in [0.05, 0.1) is 6.20 Å². The minimum absolute atomic E-state index is 0.220. The van der Waals surface area contributed by atoms with Gasteiger partial charge < -0.3 is 5.73 Å². The Balaban J connectivity index is 2.80. The molecule has 0 aliphatic rings. The SMILES string of the molecule is CSc1nc(S)nn2c(C(N)=O)cnc12. The molecule has 2 aromatic heterocycles. The van der Waals surface area contributed by atoms with E-state index in [1.807, 2.05) is 6.26 Å². The molecule has 0 radical (unpaired) electrons. The van der Waals surface area contributed by atoms with Crippen LogP contribution in [0, 0.1) is 0 Å². The second-order valence-electron chi connectivity index (χ2n) is 2.66. The van der Waals surface area contributed by atoms with E-state index < -0.39 is 5.91 Å². The van der Waals surface area contributed by atoms with Crippen LogP contribution in [-0.4, -0.2) is 31.7 Å². The fraction of sp³-hybridized carbons (Fsp3) is 0.143. The number of primary amides is 1. The molecule has 2 rings (SSSR count). The van der Waals surface area contributed by atoms with Gasteiger partial charge in [-0.25, -0.2) is 14.5 Å². The van der Waals surface area contributed by atoms with Crippen molar-refractivity contribution in [2.45, 2.75) is 10.2 Å². The van der Waals surface area contributed by atoms with Crippen LogP contribution in [0.5, 0.6) is 0 Å². The first kappa shape index (κ1) is 10.2. The zero-order valence-electron chi connectivity index (χ0n) is 7.71. The molecule has 1 amide bonds. The molecule has 0 saturated heterocycles. The van der Waals surface area contributed by atoms with E-state index >= 15 is 0 Å². The average Bonchev–Trinajstić information content (AvgIpc) is 2.59. The number of thiol groups is 1. The van der Waals surface area contributed by atoms with Crippen molar-refractivity contribution in [1.29, 1.82) is 0 Å². The Morgan fingerprint density at radius 1 is 1.67 bits per heavy atom. The van der Waals surface area contributed by atoms with Gasteiger partial charge in [-0.2, -0.15) is 0 Å². The third-order valence-corrected chi connectivity index (χ3v) is 2.62. The normalized spacial score (nSPS) is 10.8. The van der Waals surface area contributed by atoms with Gasteiger partial charge in [0.25, 0.3) is 5.91 Å². The monoisotopic (exact) mass is 241 g/mol. The summed E-state index contributed by atoms with van der Waals surface area (Å²) in [4.78, 5) is 19.2. The van der Waals surface area contributed by atoms with Gasteiger partial charge in [0.2, 0.25) is 5.16 Å². The number of hydrogen-bond donors (Lipinski definition) is 2. The van der Waals surface area contributed by atoms with Gasteiger partial charge in [0, 0.05) is 0 Å². The van der Waals surface area contributed by atoms with Crippen molar-refractivity contribution in [2.75, 3.05) is 6.26 Å². The number of fused-ring (bicyclic) bond motifs is 1. The first-order chi connectivity index (χ1) is 7.13. The molecule has 0 atom stereocenters. The van der Waals surface area contributed by atoms with Crippen LogP contribution in [0.1, 0.15) is 10.5 Å². The molecule has 8 heteroatoms. The third kappa shape index (κ3) is 1.65. The standard InChI is InChI=1S/C7H7N5OS2/c1-15-6-5-9-2-3(4(8)13)12(5)11-7(14)10-6/h2H,1H3,(H2,8,13)(H,11,14). The lowest BCUT2D eigenvalue weighted by Crippen LogP contribution is -2.15. The number of thioether (sulfide) groups is 1. The Morgan fingerprint density at radius 3 is 3.00 bits per heavy atom. The van der Waals surface area contributed by atoms with Crippen molar-refractivity contribution in [2.24, 2.45) is 5.73 Å². The van der Waals surface area contributed by atoms with Crippen molar-refractivity contribution in [3.8, 4) is 0 Å². The summed E-state index contributed by atoms with van der Waals surface area (Å²) in [6, 6.07) is 0. The number of nitrogens with two attached hydrogens (primary N) is 1. The summed E-state index contributed by atoms with van der Waals surface area (Å²) in [6.45, 7) is 0. The summed E-state index contributed by atoms with van der Waals surface area (Å²) in [5.41, 5.74) is 5.90. The van der Waals surface area contributed by atoms with Gasteiger partial charge in [0.1, 0.15) is 10.7 Å². The molecule has 0 aliphatic heterocycles. The molecule has 0 saturated carbocycles. The molecule has 0 aliphatic carbocycles. The largest absolute Gasteiger partial charge is 0.364 e. The first-order valence-corrected chi connectivity index (χ1v) is 5.59. The third-order valence-electron chi connectivity index (χ3n) is 1.77. The highest BCUT2D eigenvalue weighted by Gasteiger charge is 2.14. The van der Waals surface area contributed by atoms with Crippen molar-refractivity contribution >= 4 is 35.9 Å². The van der Waals surface area contributed by atoms with Gasteiger partial charge >= 0.3 is 0 Å². The highest BCUT2D eigenvalue weighted by atomic mass is 32.2. The molecule has 6 nitrogen and oxygen atoms in total. The second-order valence-corrected chi connectivity index (χ2v) is 3.86. The fourth-order valence-electron chi connectivity index (χ4n) is 1.15. The van der Waals surface area contributed by atoms with E-state index in [9.17, 15) is 4.79 Å². The van der Waals surface area contributed by atoms with Crippen LogP contribution in [0.25, 0.3) is 5.65 Å². The Labute approximate surface area is 94.7 Å². The quantitative estimate of drug-likeness (QED) is 0.581. The molecule has 2 aromatic rings. The summed E-state index contributed by atoms with van der Waals surface area (Å²) in [6.07, 6.45) is 3.23. The molecule has 2 heterocycles. The maximum absolute atomic E-state index is 11.1. The minimum Gasteiger partial charge on any atom is -0.364 e. The predicted molar refractivity (Wildman–Crippen MR) is 58.3 cm³/mol. The lowest BCUT2D eigenvalue weighted by Gasteiger charge is -2.00. The molecule has 0 aromatic carbocycles. The molecular formula is C7H7N5OS2. The maximum Gasteiger partial charge on any atom is 0.269 e. The Bertz CT molecular complexity index is 537. The van der Waals surface area contributed by atoms with Gasteiger partial charge in [-0.3, -0.25) is 4.79 Å². The van der Waals surface area contributed by atoms with E-state index in [1.165, 1.54) is 22.5 Å². The number of carbonyl (C=O) groups excluding carboxylic acids is 1. The summed E-state index contributed by atoms with van der Waals surface area (Å²) >= 11 is 5.44. The van der Waals surface area contributed by atoms with Gasteiger partial charge in [-0.05, 0) is 6.26 Å². The van der Waals surface area contributed by atoms with Gasteiger partial charge in [0.15, 0.2) is 5.65 Å².